The van der Waals surface area contributed by atoms with Gasteiger partial charge in [0.05, 0.1) is 11.8 Å². The first-order valence-corrected chi connectivity index (χ1v) is 4.58. The van der Waals surface area contributed by atoms with Gasteiger partial charge in [0.1, 0.15) is 5.75 Å². The number of anilines is 1. The van der Waals surface area contributed by atoms with Crippen LogP contribution in [0.3, 0.4) is 0 Å². The summed E-state index contributed by atoms with van der Waals surface area (Å²) in [7, 11) is 0. The van der Waals surface area contributed by atoms with E-state index in [2.05, 4.69) is 5.32 Å². The summed E-state index contributed by atoms with van der Waals surface area (Å²) >= 11 is 0. The number of hydrogen-bond acceptors (Lipinski definition) is 2. The van der Waals surface area contributed by atoms with E-state index in [1.165, 1.54) is 0 Å². The van der Waals surface area contributed by atoms with Crippen LogP contribution in [0.4, 0.5) is 10.5 Å². The van der Waals surface area contributed by atoms with Gasteiger partial charge in [-0.3, -0.25) is 0 Å². The van der Waals surface area contributed by atoms with Crippen LogP contribution >= 0.6 is 0 Å². The van der Waals surface area contributed by atoms with Crippen molar-refractivity contribution in [3.8, 4) is 5.75 Å². The van der Waals surface area contributed by atoms with E-state index in [0.717, 1.165) is 12.8 Å². The van der Waals surface area contributed by atoms with Crippen molar-refractivity contribution in [1.29, 1.82) is 0 Å². The van der Waals surface area contributed by atoms with Crippen molar-refractivity contribution in [2.75, 3.05) is 5.32 Å². The number of benzene rings is 1. The number of urea groups is 1. The molecule has 0 bridgehead atoms. The van der Waals surface area contributed by atoms with Gasteiger partial charge in [-0.1, -0.05) is 12.1 Å². The third kappa shape index (κ3) is 2.16. The quantitative estimate of drug-likeness (QED) is 0.765. The third-order valence-electron chi connectivity index (χ3n) is 1.96. The maximum absolute atomic E-state index is 10.7. The lowest BCUT2D eigenvalue weighted by molar-refractivity contribution is 0.259. The van der Waals surface area contributed by atoms with E-state index in [4.69, 9.17) is 10.5 Å². The fraction of sp³-hybridized carbons (Fsp3) is 0.300. The van der Waals surface area contributed by atoms with Crippen LogP contribution in [0.25, 0.3) is 0 Å². The summed E-state index contributed by atoms with van der Waals surface area (Å²) in [5, 5.41) is 2.52. The standard InChI is InChI=1S/C10H12N2O2/c11-10(13)12-8-3-1-2-4-9(8)14-7-5-6-7/h1-4,7H,5-6H2,(H3,11,12,13). The van der Waals surface area contributed by atoms with E-state index in [9.17, 15) is 4.79 Å². The minimum absolute atomic E-state index is 0.311. The SMILES string of the molecule is NC(=O)Nc1ccccc1OC1CC1. The van der Waals surface area contributed by atoms with Crippen molar-refractivity contribution < 1.29 is 9.53 Å². The van der Waals surface area contributed by atoms with Crippen LogP contribution in [0.5, 0.6) is 5.75 Å². The molecule has 0 atom stereocenters. The fourth-order valence-corrected chi connectivity index (χ4v) is 1.17. The molecule has 1 fully saturated rings. The summed E-state index contributed by atoms with van der Waals surface area (Å²) < 4.78 is 5.59. The summed E-state index contributed by atoms with van der Waals surface area (Å²) in [4.78, 5) is 10.7. The number of para-hydroxylation sites is 2. The number of hydrogen-bond donors (Lipinski definition) is 2. The Bertz CT molecular complexity index is 348. The molecule has 0 spiro atoms. The van der Waals surface area contributed by atoms with E-state index in [0.29, 0.717) is 17.5 Å². The van der Waals surface area contributed by atoms with Crippen LogP contribution in [-0.4, -0.2) is 12.1 Å². The molecule has 2 amide bonds. The average molecular weight is 192 g/mol. The Morgan fingerprint density at radius 3 is 2.79 bits per heavy atom. The van der Waals surface area contributed by atoms with Gasteiger partial charge in [-0.15, -0.1) is 0 Å². The molecule has 74 valence electrons. The Labute approximate surface area is 82.1 Å². The highest BCUT2D eigenvalue weighted by atomic mass is 16.5. The average Bonchev–Trinajstić information content (AvgIpc) is 2.91. The zero-order valence-electron chi connectivity index (χ0n) is 7.69. The number of ether oxygens (including phenoxy) is 1. The Morgan fingerprint density at radius 1 is 1.43 bits per heavy atom. The zero-order chi connectivity index (χ0) is 9.97. The topological polar surface area (TPSA) is 64.4 Å². The summed E-state index contributed by atoms with van der Waals surface area (Å²) in [6.45, 7) is 0. The van der Waals surface area contributed by atoms with Crippen molar-refractivity contribution in [1.82, 2.24) is 0 Å². The van der Waals surface area contributed by atoms with Crippen LogP contribution in [0.1, 0.15) is 12.8 Å². The second-order valence-electron chi connectivity index (χ2n) is 3.30. The van der Waals surface area contributed by atoms with Crippen molar-refractivity contribution in [2.45, 2.75) is 18.9 Å². The van der Waals surface area contributed by atoms with Gasteiger partial charge >= 0.3 is 6.03 Å². The van der Waals surface area contributed by atoms with Gasteiger partial charge < -0.3 is 15.8 Å². The minimum Gasteiger partial charge on any atom is -0.488 e. The van der Waals surface area contributed by atoms with E-state index in [-0.39, 0.29) is 0 Å². The van der Waals surface area contributed by atoms with Crippen molar-refractivity contribution in [3.05, 3.63) is 24.3 Å². The molecule has 4 heteroatoms. The van der Waals surface area contributed by atoms with Crippen LogP contribution in [0, 0.1) is 0 Å². The molecular weight excluding hydrogens is 180 g/mol. The van der Waals surface area contributed by atoms with Crippen LogP contribution in [-0.2, 0) is 0 Å². The Hall–Kier alpha value is -1.71. The molecule has 0 aromatic heterocycles. The number of nitrogens with two attached hydrogens (primary N) is 1. The van der Waals surface area contributed by atoms with Crippen LogP contribution in [0.15, 0.2) is 24.3 Å². The highest BCUT2D eigenvalue weighted by Gasteiger charge is 2.24. The molecule has 1 aromatic rings. The van der Waals surface area contributed by atoms with E-state index in [1.54, 1.807) is 6.07 Å². The highest BCUT2D eigenvalue weighted by Crippen LogP contribution is 2.31. The molecule has 4 nitrogen and oxygen atoms in total. The largest absolute Gasteiger partial charge is 0.488 e. The normalized spacial score (nSPS) is 14.9. The maximum Gasteiger partial charge on any atom is 0.316 e. The number of amides is 2. The number of carbonyl (C=O) groups is 1. The van der Waals surface area contributed by atoms with Gasteiger partial charge in [0.15, 0.2) is 0 Å². The van der Waals surface area contributed by atoms with Gasteiger partial charge in [-0.05, 0) is 25.0 Å². The summed E-state index contributed by atoms with van der Waals surface area (Å²) in [6, 6.07) is 6.71. The highest BCUT2D eigenvalue weighted by molar-refractivity contribution is 5.89. The Balaban J connectivity index is 2.14. The molecule has 2 rings (SSSR count). The number of nitrogens with one attached hydrogen (secondary N) is 1. The van der Waals surface area contributed by atoms with Gasteiger partial charge in [0, 0.05) is 0 Å². The number of carbonyl (C=O) groups excluding carboxylic acids is 1. The predicted molar refractivity (Wildman–Crippen MR) is 53.3 cm³/mol. The van der Waals surface area contributed by atoms with E-state index >= 15 is 0 Å². The first kappa shape index (κ1) is 8.87. The van der Waals surface area contributed by atoms with Crippen LogP contribution < -0.4 is 15.8 Å². The van der Waals surface area contributed by atoms with Gasteiger partial charge in [0.25, 0.3) is 0 Å². The molecule has 0 radical (unpaired) electrons. The molecule has 1 aliphatic rings. The van der Waals surface area contributed by atoms with Gasteiger partial charge in [-0.25, -0.2) is 4.79 Å². The van der Waals surface area contributed by atoms with E-state index in [1.807, 2.05) is 18.2 Å². The van der Waals surface area contributed by atoms with Crippen LogP contribution in [0.2, 0.25) is 0 Å². The first-order valence-electron chi connectivity index (χ1n) is 4.58. The lowest BCUT2D eigenvalue weighted by Crippen LogP contribution is -2.19. The Morgan fingerprint density at radius 2 is 2.14 bits per heavy atom. The maximum atomic E-state index is 10.7. The second-order valence-corrected chi connectivity index (χ2v) is 3.30. The molecule has 0 aliphatic heterocycles. The predicted octanol–water partition coefficient (Wildman–Crippen LogP) is 1.72. The molecule has 1 aromatic carbocycles. The molecule has 0 heterocycles. The minimum atomic E-state index is -0.572. The van der Waals surface area contributed by atoms with Crippen molar-refractivity contribution in [3.63, 3.8) is 0 Å². The zero-order valence-corrected chi connectivity index (χ0v) is 7.69. The molecular formula is C10H12N2O2. The summed E-state index contributed by atoms with van der Waals surface area (Å²) in [6.07, 6.45) is 2.49. The molecule has 1 saturated carbocycles. The number of primary amides is 1. The smallest absolute Gasteiger partial charge is 0.316 e. The third-order valence-corrected chi connectivity index (χ3v) is 1.96. The number of rotatable bonds is 3. The molecule has 0 saturated heterocycles. The lowest BCUT2D eigenvalue weighted by atomic mass is 10.3. The lowest BCUT2D eigenvalue weighted by Gasteiger charge is -2.09. The first-order chi connectivity index (χ1) is 6.75. The molecule has 1 aliphatic carbocycles. The fourth-order valence-electron chi connectivity index (χ4n) is 1.17. The summed E-state index contributed by atoms with van der Waals surface area (Å²) in [5.41, 5.74) is 5.67. The molecule has 14 heavy (non-hydrogen) atoms. The Kier molecular flexibility index (Phi) is 2.26. The van der Waals surface area contributed by atoms with Gasteiger partial charge in [-0.2, -0.15) is 0 Å². The van der Waals surface area contributed by atoms with Crippen molar-refractivity contribution >= 4 is 11.7 Å². The molecule has 0 unspecified atom stereocenters. The summed E-state index contributed by atoms with van der Waals surface area (Å²) in [5.74, 6) is 0.689. The van der Waals surface area contributed by atoms with Crippen molar-refractivity contribution in [2.24, 2.45) is 5.73 Å². The van der Waals surface area contributed by atoms with E-state index < -0.39 is 6.03 Å². The monoisotopic (exact) mass is 192 g/mol. The molecule has 3 N–H and O–H groups in total. The second kappa shape index (κ2) is 3.57. The van der Waals surface area contributed by atoms with Gasteiger partial charge in [0.2, 0.25) is 0 Å².